The van der Waals surface area contributed by atoms with E-state index < -0.39 is 13.0 Å². The molecule has 17 heavy (non-hydrogen) atoms. The van der Waals surface area contributed by atoms with Crippen LogP contribution in [0.2, 0.25) is 0 Å². The first-order valence-electron chi connectivity index (χ1n) is 5.47. The predicted molar refractivity (Wildman–Crippen MR) is 60.2 cm³/mol. The highest BCUT2D eigenvalue weighted by molar-refractivity contribution is 5.66. The lowest BCUT2D eigenvalue weighted by atomic mass is 10.1. The molecule has 0 spiro atoms. The van der Waals surface area contributed by atoms with Crippen molar-refractivity contribution in [1.29, 1.82) is 0 Å². The average Bonchev–Trinajstić information content (AvgIpc) is 2.54. The van der Waals surface area contributed by atoms with Crippen molar-refractivity contribution in [2.24, 2.45) is 0 Å². The highest BCUT2D eigenvalue weighted by Gasteiger charge is 2.15. The van der Waals surface area contributed by atoms with Crippen molar-refractivity contribution in [2.75, 3.05) is 0 Å². The van der Waals surface area contributed by atoms with E-state index in [1.54, 1.807) is 13.1 Å². The zero-order valence-corrected chi connectivity index (χ0v) is 9.98. The van der Waals surface area contributed by atoms with E-state index in [0.29, 0.717) is 17.1 Å². The summed E-state index contributed by atoms with van der Waals surface area (Å²) in [5, 5.41) is 0. The molecular formula is C11H14F2N4. The van der Waals surface area contributed by atoms with E-state index in [9.17, 15) is 8.78 Å². The number of fused-ring (bicyclic) bond motifs is 1. The fourth-order valence-corrected chi connectivity index (χ4v) is 1.65. The zero-order chi connectivity index (χ0) is 12.6. The Morgan fingerprint density at radius 2 is 2.00 bits per heavy atom. The van der Waals surface area contributed by atoms with Crippen LogP contribution in [-0.4, -0.2) is 25.9 Å². The molecule has 0 N–H and O–H groups in total. The summed E-state index contributed by atoms with van der Waals surface area (Å²) in [5.41, 5.74) is 1.65. The Labute approximate surface area is 97.7 Å². The van der Waals surface area contributed by atoms with Crippen molar-refractivity contribution >= 4 is 11.3 Å². The van der Waals surface area contributed by atoms with Crippen LogP contribution in [0.3, 0.4) is 0 Å². The first kappa shape index (κ1) is 11.9. The molecule has 0 saturated carbocycles. The van der Waals surface area contributed by atoms with Gasteiger partial charge < -0.3 is 4.57 Å². The highest BCUT2D eigenvalue weighted by Crippen LogP contribution is 2.17. The fourth-order valence-electron chi connectivity index (χ4n) is 1.65. The van der Waals surface area contributed by atoms with Crippen LogP contribution in [0.25, 0.3) is 11.3 Å². The van der Waals surface area contributed by atoms with Gasteiger partial charge in [0.05, 0.1) is 18.4 Å². The summed E-state index contributed by atoms with van der Waals surface area (Å²) in [6.07, 6.45) is -0.776. The van der Waals surface area contributed by atoms with Crippen LogP contribution in [0.4, 0.5) is 8.78 Å². The van der Waals surface area contributed by atoms with Gasteiger partial charge in [-0.25, -0.2) is 23.7 Å². The van der Waals surface area contributed by atoms with E-state index in [1.165, 1.54) is 4.57 Å². The molecule has 0 radical (unpaired) electrons. The molecule has 0 aliphatic rings. The number of hydrogen-bond acceptors (Lipinski definition) is 3. The number of nitrogens with zero attached hydrogens (tertiary/aromatic N) is 4. The van der Waals surface area contributed by atoms with Gasteiger partial charge in [0.15, 0.2) is 11.3 Å². The molecule has 4 nitrogen and oxygen atoms in total. The Balaban J connectivity index is 2.56. The lowest BCUT2D eigenvalue weighted by Crippen LogP contribution is -2.09. The third kappa shape index (κ3) is 2.25. The molecule has 2 aromatic heterocycles. The summed E-state index contributed by atoms with van der Waals surface area (Å²) in [4.78, 5) is 12.6. The maximum Gasteiger partial charge on any atom is 0.256 e. The van der Waals surface area contributed by atoms with Gasteiger partial charge in [0, 0.05) is 0 Å². The van der Waals surface area contributed by atoms with Gasteiger partial charge in [0.25, 0.3) is 6.43 Å². The van der Waals surface area contributed by atoms with E-state index in [0.717, 1.165) is 5.69 Å². The Morgan fingerprint density at radius 1 is 1.29 bits per heavy atom. The Bertz CT molecular complexity index is 533. The average molecular weight is 240 g/mol. The first-order valence-corrected chi connectivity index (χ1v) is 5.47. The summed E-state index contributed by atoms with van der Waals surface area (Å²) in [6, 6.07) is 0. The van der Waals surface area contributed by atoms with Crippen LogP contribution in [0.1, 0.15) is 31.3 Å². The fraction of sp³-hybridized carbons (Fsp3) is 0.545. The highest BCUT2D eigenvalue weighted by atomic mass is 19.3. The van der Waals surface area contributed by atoms with Crippen molar-refractivity contribution in [1.82, 2.24) is 19.5 Å². The molecule has 0 aromatic carbocycles. The first-order chi connectivity index (χ1) is 7.99. The molecule has 6 heteroatoms. The number of imidazole rings is 1. The van der Waals surface area contributed by atoms with Gasteiger partial charge in [0.2, 0.25) is 0 Å². The molecule has 2 aromatic rings. The van der Waals surface area contributed by atoms with Crippen molar-refractivity contribution in [3.05, 3.63) is 17.7 Å². The van der Waals surface area contributed by atoms with Gasteiger partial charge in [-0.1, -0.05) is 13.8 Å². The third-order valence-corrected chi connectivity index (χ3v) is 2.58. The smallest absolute Gasteiger partial charge is 0.256 e. The molecule has 92 valence electrons. The molecule has 0 aliphatic heterocycles. The summed E-state index contributed by atoms with van der Waals surface area (Å²) < 4.78 is 26.4. The number of halogens is 2. The third-order valence-electron chi connectivity index (χ3n) is 2.58. The van der Waals surface area contributed by atoms with E-state index in [4.69, 9.17) is 0 Å². The summed E-state index contributed by atoms with van der Waals surface area (Å²) >= 11 is 0. The van der Waals surface area contributed by atoms with Crippen LogP contribution < -0.4 is 0 Å². The van der Waals surface area contributed by atoms with Gasteiger partial charge in [-0.3, -0.25) is 0 Å². The lowest BCUT2D eigenvalue weighted by molar-refractivity contribution is 0.127. The number of alkyl halides is 2. The summed E-state index contributed by atoms with van der Waals surface area (Å²) in [7, 11) is 0. The Hall–Kier alpha value is -1.59. The van der Waals surface area contributed by atoms with Gasteiger partial charge in [-0.05, 0) is 12.8 Å². The Morgan fingerprint density at radius 3 is 2.59 bits per heavy atom. The lowest BCUT2D eigenvalue weighted by Gasteiger charge is -2.06. The standard InChI is InChI=1S/C11H14F2N4/c1-6(2)8-4-14-10-11(16-8)17(5-9(12)13)7(3)15-10/h4,6,9H,5H2,1-3H3. The number of hydrogen-bond donors (Lipinski definition) is 0. The van der Waals surface area contributed by atoms with Crippen LogP contribution in [-0.2, 0) is 6.54 Å². The molecule has 0 saturated heterocycles. The second kappa shape index (κ2) is 4.35. The molecule has 0 fully saturated rings. The molecule has 0 amide bonds. The monoisotopic (exact) mass is 240 g/mol. The SMILES string of the molecule is Cc1nc2ncc(C(C)C)nc2n1CC(F)F. The molecule has 0 unspecified atom stereocenters. The van der Waals surface area contributed by atoms with Crippen molar-refractivity contribution < 1.29 is 8.78 Å². The topological polar surface area (TPSA) is 43.6 Å². The normalized spacial score (nSPS) is 11.9. The van der Waals surface area contributed by atoms with E-state index in [-0.39, 0.29) is 5.92 Å². The minimum atomic E-state index is -2.42. The van der Waals surface area contributed by atoms with E-state index in [1.807, 2.05) is 13.8 Å². The minimum Gasteiger partial charge on any atom is -0.306 e. The quantitative estimate of drug-likeness (QED) is 0.828. The second-order valence-corrected chi connectivity index (χ2v) is 4.26. The van der Waals surface area contributed by atoms with Crippen molar-refractivity contribution in [2.45, 2.75) is 39.7 Å². The minimum absolute atomic E-state index is 0.210. The molecule has 2 rings (SSSR count). The van der Waals surface area contributed by atoms with Crippen molar-refractivity contribution in [3.63, 3.8) is 0 Å². The molecule has 0 atom stereocenters. The predicted octanol–water partition coefficient (Wildman–Crippen LogP) is 2.52. The maximum atomic E-state index is 12.5. The van der Waals surface area contributed by atoms with E-state index >= 15 is 0 Å². The molecule has 0 bridgehead atoms. The van der Waals surface area contributed by atoms with Crippen LogP contribution in [0.5, 0.6) is 0 Å². The van der Waals surface area contributed by atoms with Gasteiger partial charge in [-0.2, -0.15) is 0 Å². The number of aryl methyl sites for hydroxylation is 1. The summed E-state index contributed by atoms with van der Waals surface area (Å²) in [5.74, 6) is 0.725. The Kier molecular flexibility index (Phi) is 3.04. The van der Waals surface area contributed by atoms with Crippen LogP contribution in [0.15, 0.2) is 6.20 Å². The largest absolute Gasteiger partial charge is 0.306 e. The molecular weight excluding hydrogens is 226 g/mol. The maximum absolute atomic E-state index is 12.5. The zero-order valence-electron chi connectivity index (χ0n) is 9.98. The van der Waals surface area contributed by atoms with E-state index in [2.05, 4.69) is 15.0 Å². The molecule has 2 heterocycles. The van der Waals surface area contributed by atoms with Crippen LogP contribution >= 0.6 is 0 Å². The summed E-state index contributed by atoms with van der Waals surface area (Å²) in [6.45, 7) is 5.26. The van der Waals surface area contributed by atoms with Gasteiger partial charge >= 0.3 is 0 Å². The molecule has 0 aliphatic carbocycles. The second-order valence-electron chi connectivity index (χ2n) is 4.26. The van der Waals surface area contributed by atoms with Gasteiger partial charge in [0.1, 0.15) is 5.82 Å². The van der Waals surface area contributed by atoms with Gasteiger partial charge in [-0.15, -0.1) is 0 Å². The van der Waals surface area contributed by atoms with Crippen molar-refractivity contribution in [3.8, 4) is 0 Å². The van der Waals surface area contributed by atoms with Crippen LogP contribution in [0, 0.1) is 6.92 Å². The number of rotatable bonds is 3. The number of aromatic nitrogens is 4.